The molecule has 1 saturated heterocycles. The van der Waals surface area contributed by atoms with Gasteiger partial charge in [-0.2, -0.15) is 21.6 Å². The fourth-order valence-electron chi connectivity index (χ4n) is 3.23. The van der Waals surface area contributed by atoms with Crippen LogP contribution in [0.5, 0.6) is 5.75 Å². The average Bonchev–Trinajstić information content (AvgIpc) is 3.13. The summed E-state index contributed by atoms with van der Waals surface area (Å²) in [5.41, 5.74) is -5.50. The second-order valence-electron chi connectivity index (χ2n) is 6.73. The number of benzene rings is 2. The summed E-state index contributed by atoms with van der Waals surface area (Å²) in [5.74, 6) is 0.540. The van der Waals surface area contributed by atoms with Crippen LogP contribution in [0.1, 0.15) is 26.2 Å². The molecule has 0 radical (unpaired) electrons. The Labute approximate surface area is 173 Å². The van der Waals surface area contributed by atoms with Crippen molar-refractivity contribution in [1.82, 2.24) is 0 Å². The zero-order chi connectivity index (χ0) is 22.0. The van der Waals surface area contributed by atoms with E-state index in [4.69, 9.17) is 13.1 Å². The maximum absolute atomic E-state index is 13.0. The molecule has 166 valence electrons. The second-order valence-corrected chi connectivity index (χ2v) is 11.5. The van der Waals surface area contributed by atoms with Gasteiger partial charge in [-0.05, 0) is 48.2 Å². The highest BCUT2D eigenvalue weighted by molar-refractivity contribution is 8.33. The summed E-state index contributed by atoms with van der Waals surface area (Å²) in [7, 11) is -8.51. The lowest BCUT2D eigenvalue weighted by Gasteiger charge is -2.35. The monoisotopic (exact) mass is 466 g/mol. The SMILES string of the molecule is CCCOC(=O)Oc1ccc2cccc(S3(OS(=O)(=O)C(F)(F)F)CCCC3)c2c1. The Balaban J connectivity index is 2.04. The number of halogens is 3. The van der Waals surface area contributed by atoms with Crippen LogP contribution in [-0.2, 0) is 18.5 Å². The van der Waals surface area contributed by atoms with E-state index in [9.17, 15) is 26.4 Å². The molecule has 6 nitrogen and oxygen atoms in total. The largest absolute Gasteiger partial charge is 0.523 e. The molecule has 0 N–H and O–H groups in total. The van der Waals surface area contributed by atoms with E-state index in [-0.39, 0.29) is 23.9 Å². The topological polar surface area (TPSA) is 78.9 Å². The molecule has 11 heteroatoms. The molecule has 0 amide bonds. The van der Waals surface area contributed by atoms with Crippen LogP contribution < -0.4 is 4.74 Å². The first kappa shape index (κ1) is 22.7. The maximum Gasteiger partial charge on any atom is 0.523 e. The summed E-state index contributed by atoms with van der Waals surface area (Å²) in [6.07, 6.45) is 0.831. The molecule has 0 aliphatic carbocycles. The lowest BCUT2D eigenvalue weighted by molar-refractivity contribution is -0.0496. The van der Waals surface area contributed by atoms with Crippen LogP contribution in [0, 0.1) is 0 Å². The van der Waals surface area contributed by atoms with Gasteiger partial charge in [0.15, 0.2) is 0 Å². The van der Waals surface area contributed by atoms with Gasteiger partial charge in [0.05, 0.1) is 6.61 Å². The molecule has 0 unspecified atom stereocenters. The van der Waals surface area contributed by atoms with E-state index in [1.165, 1.54) is 12.1 Å². The van der Waals surface area contributed by atoms with Gasteiger partial charge in [-0.1, -0.05) is 35.4 Å². The Hall–Kier alpha value is -1.98. The van der Waals surface area contributed by atoms with Crippen molar-refractivity contribution in [1.29, 1.82) is 0 Å². The van der Waals surface area contributed by atoms with Crippen LogP contribution in [-0.4, -0.2) is 38.2 Å². The van der Waals surface area contributed by atoms with Crippen molar-refractivity contribution in [3.05, 3.63) is 36.4 Å². The molecule has 0 spiro atoms. The van der Waals surface area contributed by atoms with E-state index in [0.29, 0.717) is 34.9 Å². The van der Waals surface area contributed by atoms with Crippen LogP contribution in [0.3, 0.4) is 0 Å². The minimum Gasteiger partial charge on any atom is -0.434 e. The zero-order valence-corrected chi connectivity index (χ0v) is 17.7. The maximum atomic E-state index is 13.0. The van der Waals surface area contributed by atoms with Crippen LogP contribution in [0.25, 0.3) is 10.8 Å². The van der Waals surface area contributed by atoms with E-state index in [2.05, 4.69) is 0 Å². The molecule has 2 aromatic carbocycles. The van der Waals surface area contributed by atoms with Crippen molar-refractivity contribution in [2.24, 2.45) is 0 Å². The molecule has 1 aliphatic rings. The standard InChI is InChI=1S/C19H21F3O6S2/c1-2-10-26-18(23)27-15-9-8-14-6-5-7-17(16(14)13-15)29(11-3-4-12-29)28-30(24,25)19(20,21)22/h5-9,13H,2-4,10-12H2,1H3. The number of alkyl halides is 3. The van der Waals surface area contributed by atoms with Crippen LogP contribution in [0.2, 0.25) is 0 Å². The van der Waals surface area contributed by atoms with Crippen LogP contribution in [0.15, 0.2) is 41.3 Å². The van der Waals surface area contributed by atoms with Crippen molar-refractivity contribution in [3.8, 4) is 5.75 Å². The third-order valence-electron chi connectivity index (χ3n) is 4.54. The number of carbonyl (C=O) groups is 1. The van der Waals surface area contributed by atoms with E-state index in [1.807, 2.05) is 6.92 Å². The quantitative estimate of drug-likeness (QED) is 0.318. The number of hydrogen-bond acceptors (Lipinski definition) is 6. The molecule has 1 aliphatic heterocycles. The lowest BCUT2D eigenvalue weighted by atomic mass is 10.1. The normalized spacial score (nSPS) is 17.6. The second kappa shape index (κ2) is 8.64. The predicted molar refractivity (Wildman–Crippen MR) is 107 cm³/mol. The fraction of sp³-hybridized carbons (Fsp3) is 0.421. The Morgan fingerprint density at radius 1 is 1.13 bits per heavy atom. The van der Waals surface area contributed by atoms with Crippen molar-refractivity contribution in [3.63, 3.8) is 0 Å². The van der Waals surface area contributed by atoms with Crippen molar-refractivity contribution in [2.75, 3.05) is 18.1 Å². The summed E-state index contributed by atoms with van der Waals surface area (Å²) >= 11 is 0. The van der Waals surface area contributed by atoms with Gasteiger partial charge >= 0.3 is 21.8 Å². The molecule has 0 saturated carbocycles. The molecular weight excluding hydrogens is 445 g/mol. The molecule has 0 bridgehead atoms. The van der Waals surface area contributed by atoms with Crippen LogP contribution >= 0.6 is 10.3 Å². The first-order valence-electron chi connectivity index (χ1n) is 9.26. The van der Waals surface area contributed by atoms with Gasteiger partial charge < -0.3 is 9.47 Å². The number of ether oxygens (including phenoxy) is 2. The fourth-order valence-corrected chi connectivity index (χ4v) is 8.64. The summed E-state index contributed by atoms with van der Waals surface area (Å²) in [6, 6.07) is 9.62. The van der Waals surface area contributed by atoms with Gasteiger partial charge in [-0.3, -0.25) is 0 Å². The Bertz CT molecular complexity index is 1030. The molecule has 2 aromatic rings. The highest BCUT2D eigenvalue weighted by Crippen LogP contribution is 2.65. The smallest absolute Gasteiger partial charge is 0.434 e. The summed E-state index contributed by atoms with van der Waals surface area (Å²) in [5, 5.41) is 1.14. The van der Waals surface area contributed by atoms with E-state index in [1.54, 1.807) is 24.3 Å². The number of fused-ring (bicyclic) bond motifs is 1. The number of hydrogen-bond donors (Lipinski definition) is 0. The number of carbonyl (C=O) groups excluding carboxylic acids is 1. The molecule has 0 atom stereocenters. The molecule has 1 heterocycles. The minimum atomic E-state index is -5.76. The Morgan fingerprint density at radius 3 is 2.47 bits per heavy atom. The van der Waals surface area contributed by atoms with E-state index in [0.717, 1.165) is 0 Å². The summed E-state index contributed by atoms with van der Waals surface area (Å²) < 4.78 is 77.7. The Kier molecular flexibility index (Phi) is 6.54. The van der Waals surface area contributed by atoms with Crippen molar-refractivity contribution in [2.45, 2.75) is 36.6 Å². The lowest BCUT2D eigenvalue weighted by Crippen LogP contribution is -2.27. The van der Waals surface area contributed by atoms with Gasteiger partial charge in [-0.25, -0.2) is 8.42 Å². The highest BCUT2D eigenvalue weighted by Gasteiger charge is 2.52. The molecule has 1 fully saturated rings. The Morgan fingerprint density at radius 2 is 1.83 bits per heavy atom. The van der Waals surface area contributed by atoms with E-state index >= 15 is 0 Å². The van der Waals surface area contributed by atoms with Crippen molar-refractivity contribution < 1.29 is 39.5 Å². The van der Waals surface area contributed by atoms with Crippen LogP contribution in [0.4, 0.5) is 18.0 Å². The van der Waals surface area contributed by atoms with Gasteiger partial charge in [0.2, 0.25) is 0 Å². The summed E-state index contributed by atoms with van der Waals surface area (Å²) in [4.78, 5) is 12.1. The predicted octanol–water partition coefficient (Wildman–Crippen LogP) is 5.50. The van der Waals surface area contributed by atoms with Gasteiger partial charge in [0.1, 0.15) is 5.75 Å². The number of rotatable bonds is 6. The third kappa shape index (κ3) is 4.68. The van der Waals surface area contributed by atoms with Gasteiger partial charge in [0, 0.05) is 16.4 Å². The first-order chi connectivity index (χ1) is 14.1. The average molecular weight is 466 g/mol. The van der Waals surface area contributed by atoms with Gasteiger partial charge in [-0.15, -0.1) is 0 Å². The van der Waals surface area contributed by atoms with Gasteiger partial charge in [0.25, 0.3) is 0 Å². The molecule has 30 heavy (non-hydrogen) atoms. The minimum absolute atomic E-state index is 0.141. The third-order valence-corrected chi connectivity index (χ3v) is 9.92. The molecule has 3 rings (SSSR count). The van der Waals surface area contributed by atoms with E-state index < -0.39 is 32.1 Å². The molecule has 0 aromatic heterocycles. The van der Waals surface area contributed by atoms with Crippen molar-refractivity contribution >= 4 is 37.4 Å². The highest BCUT2D eigenvalue weighted by atomic mass is 32.3. The zero-order valence-electron chi connectivity index (χ0n) is 16.1. The summed E-state index contributed by atoms with van der Waals surface area (Å²) in [6.45, 7) is 2.02. The first-order valence-corrected chi connectivity index (χ1v) is 12.6. The molecular formula is C19H21F3O6S2.